The van der Waals surface area contributed by atoms with Crippen LogP contribution in [0.1, 0.15) is 34.1 Å². The summed E-state index contributed by atoms with van der Waals surface area (Å²) >= 11 is 0. The number of amides is 2. The van der Waals surface area contributed by atoms with Crippen LogP contribution in [0, 0.1) is 17.3 Å². The van der Waals surface area contributed by atoms with Gasteiger partial charge in [-0.1, -0.05) is 25.5 Å². The van der Waals surface area contributed by atoms with Crippen molar-refractivity contribution in [1.29, 1.82) is 0 Å². The SMILES string of the molecule is CC(C)=C[C@@H]1[C@H](C(=O)N2CCCN(CC(N)=O)CC2)C1(C)C. The van der Waals surface area contributed by atoms with Crippen LogP contribution in [0.5, 0.6) is 0 Å². The summed E-state index contributed by atoms with van der Waals surface area (Å²) < 4.78 is 0. The summed E-state index contributed by atoms with van der Waals surface area (Å²) in [5.41, 5.74) is 6.60. The Hall–Kier alpha value is -1.36. The van der Waals surface area contributed by atoms with Crippen LogP contribution in [-0.4, -0.2) is 54.3 Å². The Morgan fingerprint density at radius 2 is 1.86 bits per heavy atom. The monoisotopic (exact) mass is 307 g/mol. The van der Waals surface area contributed by atoms with Crippen molar-refractivity contribution in [1.82, 2.24) is 9.80 Å². The number of rotatable bonds is 4. The van der Waals surface area contributed by atoms with Crippen LogP contribution in [0.2, 0.25) is 0 Å². The molecule has 0 unspecified atom stereocenters. The number of nitrogens with two attached hydrogens (primary N) is 1. The normalized spacial score (nSPS) is 27.9. The largest absolute Gasteiger partial charge is 0.369 e. The van der Waals surface area contributed by atoms with Gasteiger partial charge in [-0.25, -0.2) is 0 Å². The maximum atomic E-state index is 12.8. The molecule has 2 fully saturated rings. The van der Waals surface area contributed by atoms with E-state index >= 15 is 0 Å². The first-order chi connectivity index (χ1) is 10.2. The van der Waals surface area contributed by atoms with Crippen molar-refractivity contribution in [3.8, 4) is 0 Å². The maximum absolute atomic E-state index is 12.8. The minimum absolute atomic E-state index is 0.0631. The van der Waals surface area contributed by atoms with Crippen LogP contribution in [-0.2, 0) is 9.59 Å². The summed E-state index contributed by atoms with van der Waals surface area (Å²) in [6, 6.07) is 0. The van der Waals surface area contributed by atoms with Crippen LogP contribution in [0.4, 0.5) is 0 Å². The topological polar surface area (TPSA) is 66.6 Å². The lowest BCUT2D eigenvalue weighted by molar-refractivity contribution is -0.133. The van der Waals surface area contributed by atoms with Crippen molar-refractivity contribution in [2.24, 2.45) is 23.0 Å². The van der Waals surface area contributed by atoms with Gasteiger partial charge in [0.25, 0.3) is 0 Å². The molecule has 0 aromatic heterocycles. The van der Waals surface area contributed by atoms with Gasteiger partial charge in [0.1, 0.15) is 0 Å². The molecule has 0 radical (unpaired) electrons. The quantitative estimate of drug-likeness (QED) is 0.795. The summed E-state index contributed by atoms with van der Waals surface area (Å²) in [5, 5.41) is 0. The maximum Gasteiger partial charge on any atom is 0.231 e. The number of allylic oxidation sites excluding steroid dienone is 2. The van der Waals surface area contributed by atoms with E-state index in [-0.39, 0.29) is 29.7 Å². The molecular formula is C17H29N3O2. The van der Waals surface area contributed by atoms with Gasteiger partial charge in [-0.15, -0.1) is 0 Å². The van der Waals surface area contributed by atoms with Crippen molar-refractivity contribution in [2.75, 3.05) is 32.7 Å². The predicted octanol–water partition coefficient (Wildman–Crippen LogP) is 1.24. The summed E-state index contributed by atoms with van der Waals surface area (Å²) in [6.07, 6.45) is 3.14. The second-order valence-corrected chi connectivity index (χ2v) is 7.49. The number of hydrogen-bond acceptors (Lipinski definition) is 3. The summed E-state index contributed by atoms with van der Waals surface area (Å²) in [4.78, 5) is 27.9. The highest BCUT2D eigenvalue weighted by molar-refractivity contribution is 5.84. The van der Waals surface area contributed by atoms with Gasteiger partial charge in [0.2, 0.25) is 11.8 Å². The zero-order valence-electron chi connectivity index (χ0n) is 14.3. The zero-order valence-corrected chi connectivity index (χ0v) is 14.3. The van der Waals surface area contributed by atoms with Crippen molar-refractivity contribution >= 4 is 11.8 Å². The Kier molecular flexibility index (Phi) is 4.95. The molecule has 0 aromatic rings. The van der Waals surface area contributed by atoms with E-state index in [4.69, 9.17) is 5.73 Å². The fourth-order valence-electron chi connectivity index (χ4n) is 3.59. The highest BCUT2D eigenvalue weighted by atomic mass is 16.2. The van der Waals surface area contributed by atoms with Gasteiger partial charge in [-0.2, -0.15) is 0 Å². The summed E-state index contributed by atoms with van der Waals surface area (Å²) in [5.74, 6) is 0.431. The molecule has 22 heavy (non-hydrogen) atoms. The fraction of sp³-hybridized carbons (Fsp3) is 0.765. The highest BCUT2D eigenvalue weighted by Crippen LogP contribution is 2.60. The van der Waals surface area contributed by atoms with Gasteiger partial charge in [0, 0.05) is 26.2 Å². The van der Waals surface area contributed by atoms with Crippen LogP contribution in [0.3, 0.4) is 0 Å². The zero-order chi connectivity index (χ0) is 16.5. The van der Waals surface area contributed by atoms with Crippen LogP contribution in [0.15, 0.2) is 11.6 Å². The molecule has 2 atom stereocenters. The third-order valence-electron chi connectivity index (χ3n) is 4.97. The third kappa shape index (κ3) is 3.69. The van der Waals surface area contributed by atoms with Crippen LogP contribution >= 0.6 is 0 Å². The molecule has 1 heterocycles. The molecule has 1 aliphatic carbocycles. The molecule has 5 nitrogen and oxygen atoms in total. The van der Waals surface area contributed by atoms with E-state index in [2.05, 4.69) is 33.8 Å². The Morgan fingerprint density at radius 1 is 1.18 bits per heavy atom. The van der Waals surface area contributed by atoms with Crippen molar-refractivity contribution in [3.05, 3.63) is 11.6 Å². The first-order valence-electron chi connectivity index (χ1n) is 8.18. The second-order valence-electron chi connectivity index (χ2n) is 7.49. The van der Waals surface area contributed by atoms with Crippen molar-refractivity contribution < 1.29 is 9.59 Å². The third-order valence-corrected chi connectivity index (χ3v) is 4.97. The molecule has 5 heteroatoms. The Bertz CT molecular complexity index is 480. The molecule has 1 saturated heterocycles. The van der Waals surface area contributed by atoms with E-state index in [1.807, 2.05) is 9.80 Å². The predicted molar refractivity (Wildman–Crippen MR) is 87.0 cm³/mol. The molecule has 0 aromatic carbocycles. The van der Waals surface area contributed by atoms with Gasteiger partial charge in [-0.3, -0.25) is 14.5 Å². The van der Waals surface area contributed by atoms with E-state index < -0.39 is 0 Å². The number of carbonyl (C=O) groups is 2. The van der Waals surface area contributed by atoms with E-state index in [0.717, 1.165) is 26.1 Å². The Labute approximate surface area is 133 Å². The average Bonchev–Trinajstić information content (AvgIpc) is 3.00. The lowest BCUT2D eigenvalue weighted by atomic mass is 10.1. The van der Waals surface area contributed by atoms with Crippen LogP contribution in [0.25, 0.3) is 0 Å². The van der Waals surface area contributed by atoms with Crippen LogP contribution < -0.4 is 5.73 Å². The smallest absolute Gasteiger partial charge is 0.231 e. The molecule has 1 aliphatic heterocycles. The van der Waals surface area contributed by atoms with Crippen molar-refractivity contribution in [2.45, 2.75) is 34.1 Å². The fourth-order valence-corrected chi connectivity index (χ4v) is 3.59. The first kappa shape index (κ1) is 17.0. The van der Waals surface area contributed by atoms with Gasteiger partial charge < -0.3 is 10.6 Å². The lowest BCUT2D eigenvalue weighted by Crippen LogP contribution is -2.39. The van der Waals surface area contributed by atoms with E-state index in [9.17, 15) is 9.59 Å². The van der Waals surface area contributed by atoms with Gasteiger partial charge in [0.15, 0.2) is 0 Å². The highest BCUT2D eigenvalue weighted by Gasteiger charge is 2.61. The van der Waals surface area contributed by atoms with Gasteiger partial charge >= 0.3 is 0 Å². The number of primary amides is 1. The molecule has 1 saturated carbocycles. The molecule has 2 amide bonds. The van der Waals surface area contributed by atoms with Gasteiger partial charge in [-0.05, 0) is 31.6 Å². The number of hydrogen-bond donors (Lipinski definition) is 1. The lowest BCUT2D eigenvalue weighted by Gasteiger charge is -2.22. The standard InChI is InChI=1S/C17H29N3O2/c1-12(2)10-13-15(17(13,3)4)16(22)20-7-5-6-19(8-9-20)11-14(18)21/h10,13,15H,5-9,11H2,1-4H3,(H2,18,21)/t13-,15-/m1/s1. The molecule has 0 bridgehead atoms. The molecular weight excluding hydrogens is 278 g/mol. The number of nitrogens with zero attached hydrogens (tertiary/aromatic N) is 2. The number of carbonyl (C=O) groups excluding carboxylic acids is 2. The second kappa shape index (κ2) is 6.41. The molecule has 2 N–H and O–H groups in total. The molecule has 124 valence electrons. The summed E-state index contributed by atoms with van der Waals surface area (Å²) in [7, 11) is 0. The molecule has 2 rings (SSSR count). The average molecular weight is 307 g/mol. The van der Waals surface area contributed by atoms with E-state index in [1.165, 1.54) is 5.57 Å². The minimum Gasteiger partial charge on any atom is -0.369 e. The molecule has 0 spiro atoms. The van der Waals surface area contributed by atoms with E-state index in [0.29, 0.717) is 12.5 Å². The van der Waals surface area contributed by atoms with Gasteiger partial charge in [0.05, 0.1) is 12.5 Å². The van der Waals surface area contributed by atoms with E-state index in [1.54, 1.807) is 0 Å². The minimum atomic E-state index is -0.299. The summed E-state index contributed by atoms with van der Waals surface area (Å²) in [6.45, 7) is 11.9. The molecule has 2 aliphatic rings. The first-order valence-corrected chi connectivity index (χ1v) is 8.18. The van der Waals surface area contributed by atoms with Crippen molar-refractivity contribution in [3.63, 3.8) is 0 Å². The Morgan fingerprint density at radius 3 is 2.45 bits per heavy atom. The Balaban J connectivity index is 1.96.